The number of benzene rings is 1. The van der Waals surface area contributed by atoms with E-state index in [1.807, 2.05) is 29.2 Å². The Morgan fingerprint density at radius 3 is 2.46 bits per heavy atom. The van der Waals surface area contributed by atoms with Crippen LogP contribution in [0, 0.1) is 0 Å². The molecule has 1 saturated heterocycles. The normalized spacial score (nSPS) is 15.9. The standard InChI is InChI=1S/C17H19BrN4O2/c1-13(24-15-6-3-2-5-14(15)18)16(23)21-9-11-22(12-10-21)17-19-7-4-8-20-17/h2-8,13H,9-12H2,1H3/t13-/m1/s1. The van der Waals surface area contributed by atoms with Crippen molar-refractivity contribution in [2.45, 2.75) is 13.0 Å². The number of ether oxygens (including phenoxy) is 1. The lowest BCUT2D eigenvalue weighted by atomic mass is 10.2. The average molecular weight is 391 g/mol. The first-order valence-corrected chi connectivity index (χ1v) is 8.66. The van der Waals surface area contributed by atoms with E-state index in [4.69, 9.17) is 4.74 Å². The van der Waals surface area contributed by atoms with Crippen molar-refractivity contribution in [2.24, 2.45) is 0 Å². The third-order valence-electron chi connectivity index (χ3n) is 3.91. The van der Waals surface area contributed by atoms with Crippen molar-refractivity contribution in [3.05, 3.63) is 47.2 Å². The lowest BCUT2D eigenvalue weighted by molar-refractivity contribution is -0.138. The molecule has 0 bridgehead atoms. The summed E-state index contributed by atoms with van der Waals surface area (Å²) in [5, 5.41) is 0. The van der Waals surface area contributed by atoms with Crippen LogP contribution < -0.4 is 9.64 Å². The molecule has 0 N–H and O–H groups in total. The van der Waals surface area contributed by atoms with Crippen molar-refractivity contribution in [1.82, 2.24) is 14.9 Å². The molecule has 3 rings (SSSR count). The molecule has 1 aromatic carbocycles. The van der Waals surface area contributed by atoms with Gasteiger partial charge in [0.25, 0.3) is 5.91 Å². The number of anilines is 1. The zero-order valence-electron chi connectivity index (χ0n) is 13.4. The van der Waals surface area contributed by atoms with Crippen molar-refractivity contribution in [3.63, 3.8) is 0 Å². The molecule has 24 heavy (non-hydrogen) atoms. The van der Waals surface area contributed by atoms with Gasteiger partial charge in [-0.05, 0) is 41.1 Å². The smallest absolute Gasteiger partial charge is 0.263 e. The highest BCUT2D eigenvalue weighted by atomic mass is 79.9. The molecule has 1 fully saturated rings. The van der Waals surface area contributed by atoms with Gasteiger partial charge in [0.1, 0.15) is 5.75 Å². The summed E-state index contributed by atoms with van der Waals surface area (Å²) in [6.07, 6.45) is 2.93. The summed E-state index contributed by atoms with van der Waals surface area (Å²) in [5.41, 5.74) is 0. The molecule has 1 aliphatic rings. The Balaban J connectivity index is 1.56. The predicted molar refractivity (Wildman–Crippen MR) is 95.1 cm³/mol. The van der Waals surface area contributed by atoms with Gasteiger partial charge in [0.05, 0.1) is 4.47 Å². The zero-order valence-corrected chi connectivity index (χ0v) is 15.0. The van der Waals surface area contributed by atoms with Crippen LogP contribution in [0.15, 0.2) is 47.2 Å². The molecule has 6 nitrogen and oxygen atoms in total. The SMILES string of the molecule is C[C@@H](Oc1ccccc1Br)C(=O)N1CCN(c2ncccn2)CC1. The molecule has 126 valence electrons. The van der Waals surface area contributed by atoms with Gasteiger partial charge < -0.3 is 14.5 Å². The summed E-state index contributed by atoms with van der Waals surface area (Å²) in [6, 6.07) is 9.33. The second-order valence-electron chi connectivity index (χ2n) is 5.55. The summed E-state index contributed by atoms with van der Waals surface area (Å²) in [7, 11) is 0. The minimum Gasteiger partial charge on any atom is -0.480 e. The van der Waals surface area contributed by atoms with Gasteiger partial charge in [0.2, 0.25) is 5.95 Å². The van der Waals surface area contributed by atoms with E-state index in [2.05, 4.69) is 30.8 Å². The first-order valence-electron chi connectivity index (χ1n) is 7.87. The zero-order chi connectivity index (χ0) is 16.9. The molecule has 0 radical (unpaired) electrons. The highest BCUT2D eigenvalue weighted by molar-refractivity contribution is 9.10. The summed E-state index contributed by atoms with van der Waals surface area (Å²) in [5.74, 6) is 1.39. The quantitative estimate of drug-likeness (QED) is 0.801. The monoisotopic (exact) mass is 390 g/mol. The van der Waals surface area contributed by atoms with Gasteiger partial charge in [-0.25, -0.2) is 9.97 Å². The highest BCUT2D eigenvalue weighted by Gasteiger charge is 2.27. The lowest BCUT2D eigenvalue weighted by Gasteiger charge is -2.35. The molecule has 0 saturated carbocycles. The Bertz CT molecular complexity index is 690. The van der Waals surface area contributed by atoms with Crippen LogP contribution in [0.2, 0.25) is 0 Å². The van der Waals surface area contributed by atoms with Crippen LogP contribution in [0.25, 0.3) is 0 Å². The number of amides is 1. The number of hydrogen-bond donors (Lipinski definition) is 0. The van der Waals surface area contributed by atoms with Crippen LogP contribution in [0.3, 0.4) is 0 Å². The van der Waals surface area contributed by atoms with Gasteiger partial charge in [-0.1, -0.05) is 12.1 Å². The third-order valence-corrected chi connectivity index (χ3v) is 4.57. The average Bonchev–Trinajstić information content (AvgIpc) is 2.64. The topological polar surface area (TPSA) is 58.6 Å². The van der Waals surface area contributed by atoms with Gasteiger partial charge in [-0.3, -0.25) is 4.79 Å². The molecule has 0 aliphatic carbocycles. The minimum absolute atomic E-state index is 0.000571. The van der Waals surface area contributed by atoms with E-state index in [9.17, 15) is 4.79 Å². The Labute approximate surface area is 149 Å². The van der Waals surface area contributed by atoms with E-state index < -0.39 is 6.10 Å². The van der Waals surface area contributed by atoms with E-state index in [1.54, 1.807) is 25.4 Å². The predicted octanol–water partition coefficient (Wildman–Crippen LogP) is 2.36. The van der Waals surface area contributed by atoms with Gasteiger partial charge >= 0.3 is 0 Å². The van der Waals surface area contributed by atoms with Crippen molar-refractivity contribution in [3.8, 4) is 5.75 Å². The third kappa shape index (κ3) is 3.84. The molecule has 0 spiro atoms. The van der Waals surface area contributed by atoms with E-state index in [-0.39, 0.29) is 5.91 Å². The molecule has 2 heterocycles. The number of hydrogen-bond acceptors (Lipinski definition) is 5. The van der Waals surface area contributed by atoms with Crippen LogP contribution in [0.4, 0.5) is 5.95 Å². The fraction of sp³-hybridized carbons (Fsp3) is 0.353. The van der Waals surface area contributed by atoms with Crippen LogP contribution in [-0.2, 0) is 4.79 Å². The second kappa shape index (κ2) is 7.61. The molecule has 1 amide bonds. The van der Waals surface area contributed by atoms with Crippen LogP contribution >= 0.6 is 15.9 Å². The number of para-hydroxylation sites is 1. The van der Waals surface area contributed by atoms with Crippen molar-refractivity contribution >= 4 is 27.8 Å². The number of aromatic nitrogens is 2. The maximum Gasteiger partial charge on any atom is 0.263 e. The first-order chi connectivity index (χ1) is 11.6. The first kappa shape index (κ1) is 16.7. The molecular weight excluding hydrogens is 372 g/mol. The maximum atomic E-state index is 12.6. The molecule has 1 atom stereocenters. The summed E-state index contributed by atoms with van der Waals surface area (Å²) in [6.45, 7) is 4.50. The van der Waals surface area contributed by atoms with Crippen LogP contribution in [0.1, 0.15) is 6.92 Å². The molecule has 1 aliphatic heterocycles. The Kier molecular flexibility index (Phi) is 5.30. The summed E-state index contributed by atoms with van der Waals surface area (Å²) in [4.78, 5) is 25.0. The van der Waals surface area contributed by atoms with E-state index in [0.717, 1.165) is 17.6 Å². The second-order valence-corrected chi connectivity index (χ2v) is 6.41. The van der Waals surface area contributed by atoms with Crippen molar-refractivity contribution < 1.29 is 9.53 Å². The fourth-order valence-corrected chi connectivity index (χ4v) is 3.00. The van der Waals surface area contributed by atoms with Crippen LogP contribution in [0.5, 0.6) is 5.75 Å². The number of nitrogens with zero attached hydrogens (tertiary/aromatic N) is 4. The Hall–Kier alpha value is -2.15. The summed E-state index contributed by atoms with van der Waals surface area (Å²) < 4.78 is 6.64. The van der Waals surface area contributed by atoms with Gasteiger partial charge in [-0.15, -0.1) is 0 Å². The molecule has 7 heteroatoms. The minimum atomic E-state index is -0.525. The van der Waals surface area contributed by atoms with Gasteiger partial charge in [-0.2, -0.15) is 0 Å². The maximum absolute atomic E-state index is 12.6. The van der Waals surface area contributed by atoms with Gasteiger partial charge in [0.15, 0.2) is 6.10 Å². The fourth-order valence-electron chi connectivity index (χ4n) is 2.62. The van der Waals surface area contributed by atoms with Crippen molar-refractivity contribution in [1.29, 1.82) is 0 Å². The molecule has 1 aromatic heterocycles. The number of piperazine rings is 1. The summed E-state index contributed by atoms with van der Waals surface area (Å²) >= 11 is 3.43. The number of halogens is 1. The number of carbonyl (C=O) groups is 1. The number of rotatable bonds is 4. The van der Waals surface area contributed by atoms with Gasteiger partial charge in [0, 0.05) is 38.6 Å². The largest absolute Gasteiger partial charge is 0.480 e. The number of carbonyl (C=O) groups excluding carboxylic acids is 1. The molecular formula is C17H19BrN4O2. The van der Waals surface area contributed by atoms with E-state index in [1.165, 1.54) is 0 Å². The Morgan fingerprint density at radius 1 is 1.12 bits per heavy atom. The lowest BCUT2D eigenvalue weighted by Crippen LogP contribution is -2.52. The van der Waals surface area contributed by atoms with E-state index >= 15 is 0 Å². The molecule has 2 aromatic rings. The van der Waals surface area contributed by atoms with Crippen molar-refractivity contribution in [2.75, 3.05) is 31.1 Å². The molecule has 0 unspecified atom stereocenters. The highest BCUT2D eigenvalue weighted by Crippen LogP contribution is 2.25. The van der Waals surface area contributed by atoms with E-state index in [0.29, 0.717) is 24.8 Å². The van der Waals surface area contributed by atoms with Crippen LogP contribution in [-0.4, -0.2) is 53.1 Å². The Morgan fingerprint density at radius 2 is 1.79 bits per heavy atom.